The van der Waals surface area contributed by atoms with Crippen LogP contribution in [0.4, 0.5) is 0 Å². The summed E-state index contributed by atoms with van der Waals surface area (Å²) < 4.78 is 1.87. The van der Waals surface area contributed by atoms with Crippen LogP contribution in [0, 0.1) is 0 Å². The van der Waals surface area contributed by atoms with Gasteiger partial charge in [-0.05, 0) is 25.0 Å². The van der Waals surface area contributed by atoms with E-state index in [1.165, 1.54) is 0 Å². The summed E-state index contributed by atoms with van der Waals surface area (Å²) >= 11 is 6.41. The maximum absolute atomic E-state index is 10.2. The second-order valence-electron chi connectivity index (χ2n) is 6.01. The van der Waals surface area contributed by atoms with Gasteiger partial charge in [-0.25, -0.2) is 0 Å². The van der Waals surface area contributed by atoms with Crippen LogP contribution in [0.15, 0.2) is 36.9 Å². The number of hydrogen-bond acceptors (Lipinski definition) is 4. The third-order valence-electron chi connectivity index (χ3n) is 4.50. The molecule has 23 heavy (non-hydrogen) atoms. The lowest BCUT2D eigenvalue weighted by Crippen LogP contribution is -2.27. The second kappa shape index (κ2) is 5.91. The highest BCUT2D eigenvalue weighted by molar-refractivity contribution is 6.34. The Hall–Kier alpha value is -1.98. The van der Waals surface area contributed by atoms with Crippen LogP contribution in [-0.4, -0.2) is 31.0 Å². The predicted molar refractivity (Wildman–Crippen MR) is 89.3 cm³/mol. The zero-order valence-electron chi connectivity index (χ0n) is 12.6. The fourth-order valence-electron chi connectivity index (χ4n) is 3.27. The molecule has 1 aliphatic carbocycles. The first kappa shape index (κ1) is 14.6. The van der Waals surface area contributed by atoms with Gasteiger partial charge in [-0.2, -0.15) is 5.10 Å². The third kappa shape index (κ3) is 2.71. The standard InChI is InChI=1S/C17H17ClN4O/c18-13-8-15-14(19-5-6-20-15)7-12(13)11-9-21-22(10-11)16-3-1-2-4-17(16)23/h5-10,16-17,23H,1-4H2/t16-,17-/m1/s1. The first-order valence-corrected chi connectivity index (χ1v) is 8.23. The molecule has 3 aromatic rings. The van der Waals surface area contributed by atoms with Crippen molar-refractivity contribution in [2.24, 2.45) is 0 Å². The molecule has 0 bridgehead atoms. The molecule has 4 rings (SSSR count). The maximum Gasteiger partial charge on any atom is 0.0902 e. The molecule has 2 aromatic heterocycles. The summed E-state index contributed by atoms with van der Waals surface area (Å²) in [5.41, 5.74) is 3.39. The van der Waals surface area contributed by atoms with Gasteiger partial charge in [-0.3, -0.25) is 14.6 Å². The molecule has 1 N–H and O–H groups in total. The highest BCUT2D eigenvalue weighted by Gasteiger charge is 2.25. The number of fused-ring (bicyclic) bond motifs is 1. The zero-order valence-corrected chi connectivity index (χ0v) is 13.3. The molecular formula is C17H17ClN4O. The number of nitrogens with zero attached hydrogens (tertiary/aromatic N) is 4. The van der Waals surface area contributed by atoms with Crippen molar-refractivity contribution in [3.8, 4) is 11.1 Å². The summed E-state index contributed by atoms with van der Waals surface area (Å²) in [6, 6.07) is 3.81. The average Bonchev–Trinajstić information content (AvgIpc) is 3.04. The smallest absolute Gasteiger partial charge is 0.0902 e. The highest BCUT2D eigenvalue weighted by atomic mass is 35.5. The van der Waals surface area contributed by atoms with E-state index >= 15 is 0 Å². The molecule has 2 heterocycles. The van der Waals surface area contributed by atoms with Gasteiger partial charge in [0.2, 0.25) is 0 Å². The fourth-order valence-corrected chi connectivity index (χ4v) is 3.53. The van der Waals surface area contributed by atoms with E-state index < -0.39 is 0 Å². The molecule has 0 unspecified atom stereocenters. The molecule has 5 nitrogen and oxygen atoms in total. The zero-order chi connectivity index (χ0) is 15.8. The van der Waals surface area contributed by atoms with Crippen LogP contribution in [0.5, 0.6) is 0 Å². The summed E-state index contributed by atoms with van der Waals surface area (Å²) in [5.74, 6) is 0. The number of rotatable bonds is 2. The quantitative estimate of drug-likeness (QED) is 0.780. The molecule has 2 atom stereocenters. The molecule has 118 valence electrons. The average molecular weight is 329 g/mol. The van der Waals surface area contributed by atoms with Gasteiger partial charge in [0.05, 0.1) is 34.4 Å². The van der Waals surface area contributed by atoms with E-state index in [2.05, 4.69) is 15.1 Å². The number of aliphatic hydroxyl groups is 1. The first-order valence-electron chi connectivity index (χ1n) is 7.85. The highest BCUT2D eigenvalue weighted by Crippen LogP contribution is 2.33. The molecule has 0 spiro atoms. The fraction of sp³-hybridized carbons (Fsp3) is 0.353. The van der Waals surface area contributed by atoms with Crippen LogP contribution in [0.25, 0.3) is 22.2 Å². The van der Waals surface area contributed by atoms with E-state index in [1.807, 2.05) is 23.0 Å². The summed E-state index contributed by atoms with van der Waals surface area (Å²) in [6.07, 6.45) is 10.8. The normalized spacial score (nSPS) is 21.7. The Morgan fingerprint density at radius 3 is 2.61 bits per heavy atom. The Kier molecular flexibility index (Phi) is 3.75. The summed E-state index contributed by atoms with van der Waals surface area (Å²) in [5, 5.41) is 15.3. The van der Waals surface area contributed by atoms with Gasteiger partial charge < -0.3 is 5.11 Å². The molecule has 1 fully saturated rings. The lowest BCUT2D eigenvalue weighted by Gasteiger charge is -2.27. The van der Waals surface area contributed by atoms with Gasteiger partial charge in [0.25, 0.3) is 0 Å². The van der Waals surface area contributed by atoms with E-state index in [0.29, 0.717) is 5.02 Å². The number of aromatic nitrogens is 4. The largest absolute Gasteiger partial charge is 0.391 e. The van der Waals surface area contributed by atoms with Crippen molar-refractivity contribution in [3.63, 3.8) is 0 Å². The monoisotopic (exact) mass is 328 g/mol. The summed E-state index contributed by atoms with van der Waals surface area (Å²) in [7, 11) is 0. The molecule has 0 saturated heterocycles. The Morgan fingerprint density at radius 1 is 1.09 bits per heavy atom. The van der Waals surface area contributed by atoms with Crippen molar-refractivity contribution in [2.75, 3.05) is 0 Å². The maximum atomic E-state index is 10.2. The molecule has 0 aliphatic heterocycles. The van der Waals surface area contributed by atoms with E-state index in [-0.39, 0.29) is 12.1 Å². The lowest BCUT2D eigenvalue weighted by molar-refractivity contribution is 0.0695. The molecule has 0 amide bonds. The number of hydrogen-bond donors (Lipinski definition) is 1. The minimum Gasteiger partial charge on any atom is -0.391 e. The molecule has 1 aliphatic rings. The van der Waals surface area contributed by atoms with Gasteiger partial charge in [0.1, 0.15) is 0 Å². The van der Waals surface area contributed by atoms with Crippen molar-refractivity contribution in [1.82, 2.24) is 19.7 Å². The Labute approximate surface area is 138 Å². The molecule has 1 saturated carbocycles. The molecule has 6 heteroatoms. The van der Waals surface area contributed by atoms with E-state index in [0.717, 1.165) is 47.8 Å². The van der Waals surface area contributed by atoms with Gasteiger partial charge in [0.15, 0.2) is 0 Å². The first-order chi connectivity index (χ1) is 11.2. The Bertz CT molecular complexity index is 847. The number of benzene rings is 1. The van der Waals surface area contributed by atoms with Crippen LogP contribution < -0.4 is 0 Å². The van der Waals surface area contributed by atoms with E-state index in [1.54, 1.807) is 18.6 Å². The van der Waals surface area contributed by atoms with Gasteiger partial charge >= 0.3 is 0 Å². The number of halogens is 1. The molecular weight excluding hydrogens is 312 g/mol. The van der Waals surface area contributed by atoms with Gasteiger partial charge in [-0.15, -0.1) is 0 Å². The predicted octanol–water partition coefficient (Wildman–Crippen LogP) is 3.62. The van der Waals surface area contributed by atoms with Gasteiger partial charge in [-0.1, -0.05) is 24.4 Å². The van der Waals surface area contributed by atoms with Crippen molar-refractivity contribution in [1.29, 1.82) is 0 Å². The van der Waals surface area contributed by atoms with Crippen molar-refractivity contribution in [3.05, 3.63) is 41.9 Å². The van der Waals surface area contributed by atoms with Crippen LogP contribution >= 0.6 is 11.6 Å². The minimum absolute atomic E-state index is 0.0523. The van der Waals surface area contributed by atoms with E-state index in [4.69, 9.17) is 11.6 Å². The Morgan fingerprint density at radius 2 is 1.83 bits per heavy atom. The SMILES string of the molecule is O[C@@H]1CCCC[C@H]1n1cc(-c2cc3nccnc3cc2Cl)cn1. The Balaban J connectivity index is 1.72. The topological polar surface area (TPSA) is 63.8 Å². The van der Waals surface area contributed by atoms with Crippen LogP contribution in [-0.2, 0) is 0 Å². The van der Waals surface area contributed by atoms with Crippen molar-refractivity contribution in [2.45, 2.75) is 37.8 Å². The van der Waals surface area contributed by atoms with Crippen LogP contribution in [0.1, 0.15) is 31.7 Å². The lowest BCUT2D eigenvalue weighted by atomic mass is 9.93. The van der Waals surface area contributed by atoms with Crippen molar-refractivity contribution < 1.29 is 5.11 Å². The van der Waals surface area contributed by atoms with Gasteiger partial charge in [0, 0.05) is 29.7 Å². The molecule has 0 radical (unpaired) electrons. The second-order valence-corrected chi connectivity index (χ2v) is 6.41. The van der Waals surface area contributed by atoms with E-state index in [9.17, 15) is 5.11 Å². The summed E-state index contributed by atoms with van der Waals surface area (Å²) in [6.45, 7) is 0. The molecule has 1 aromatic carbocycles. The van der Waals surface area contributed by atoms with Crippen LogP contribution in [0.3, 0.4) is 0 Å². The number of aliphatic hydroxyl groups excluding tert-OH is 1. The third-order valence-corrected chi connectivity index (χ3v) is 4.82. The van der Waals surface area contributed by atoms with Crippen molar-refractivity contribution >= 4 is 22.6 Å². The summed E-state index contributed by atoms with van der Waals surface area (Å²) in [4.78, 5) is 8.59. The minimum atomic E-state index is -0.325. The van der Waals surface area contributed by atoms with Crippen LogP contribution in [0.2, 0.25) is 5.02 Å².